The van der Waals surface area contributed by atoms with E-state index < -0.39 is 34.8 Å². The van der Waals surface area contributed by atoms with Crippen LogP contribution in [0.4, 0.5) is 20.2 Å². The van der Waals surface area contributed by atoms with Crippen LogP contribution in [0.15, 0.2) is 103 Å². The quantitative estimate of drug-likeness (QED) is 0.152. The number of rotatable bonds is 11. The van der Waals surface area contributed by atoms with Crippen LogP contribution in [0.3, 0.4) is 0 Å². The van der Waals surface area contributed by atoms with Gasteiger partial charge in [0.25, 0.3) is 0 Å². The van der Waals surface area contributed by atoms with Gasteiger partial charge < -0.3 is 20.9 Å². The van der Waals surface area contributed by atoms with Crippen molar-refractivity contribution in [3.05, 3.63) is 126 Å². The number of halogens is 2. The number of pyridine rings is 1. The van der Waals surface area contributed by atoms with Crippen LogP contribution in [0.2, 0.25) is 0 Å². The van der Waals surface area contributed by atoms with Crippen molar-refractivity contribution in [3.8, 4) is 28.5 Å². The molecule has 0 atom stereocenters. The van der Waals surface area contributed by atoms with Gasteiger partial charge >= 0.3 is 0 Å². The van der Waals surface area contributed by atoms with Gasteiger partial charge in [0.05, 0.1) is 24.7 Å². The smallest absolute Gasteiger partial charge is 0.248 e. The van der Waals surface area contributed by atoms with E-state index in [2.05, 4.69) is 4.98 Å². The topological polar surface area (TPSA) is 156 Å². The van der Waals surface area contributed by atoms with Crippen molar-refractivity contribution in [3.63, 3.8) is 0 Å². The summed E-state index contributed by atoms with van der Waals surface area (Å²) in [7, 11) is 1.59. The molecule has 1 aliphatic rings. The van der Waals surface area contributed by atoms with Gasteiger partial charge in [0, 0.05) is 29.1 Å². The highest BCUT2D eigenvalue weighted by Gasteiger charge is 2.57. The third kappa shape index (κ3) is 6.21. The molecule has 0 saturated heterocycles. The third-order valence-corrected chi connectivity index (χ3v) is 8.84. The van der Waals surface area contributed by atoms with Crippen molar-refractivity contribution in [2.45, 2.75) is 19.4 Å². The van der Waals surface area contributed by atoms with Crippen molar-refractivity contribution in [1.82, 2.24) is 14.8 Å². The molecule has 0 radical (unpaired) electrons. The van der Waals surface area contributed by atoms with Gasteiger partial charge in [0.1, 0.15) is 28.4 Å². The Morgan fingerprint density at radius 1 is 0.863 bits per heavy atom. The van der Waals surface area contributed by atoms with Crippen LogP contribution in [-0.4, -0.2) is 39.6 Å². The maximum atomic E-state index is 16.0. The van der Waals surface area contributed by atoms with Crippen LogP contribution in [0, 0.1) is 17.0 Å². The predicted molar refractivity (Wildman–Crippen MR) is 184 cm³/mol. The summed E-state index contributed by atoms with van der Waals surface area (Å²) in [6.45, 7) is 0.333. The molecule has 1 aliphatic carbocycles. The number of aromatic nitrogens is 3. The zero-order valence-corrected chi connectivity index (χ0v) is 27.2. The SMILES string of the molecule is COc1ccc(Cn2nc(-c3ccc(C(N)=O)cc3)c3c(Oc4ccc(N(C(=O)C5(C(N)=O)CC5)c5ccc(F)cc5)cc4F)ccnc32)cc1. The zero-order valence-electron chi connectivity index (χ0n) is 27.2. The number of fused-ring (bicyclic) bond motifs is 1. The fourth-order valence-electron chi connectivity index (χ4n) is 5.87. The van der Waals surface area contributed by atoms with Gasteiger partial charge in [-0.1, -0.05) is 24.3 Å². The minimum Gasteiger partial charge on any atom is -0.497 e. The summed E-state index contributed by atoms with van der Waals surface area (Å²) in [5.41, 5.74) is 12.7. The van der Waals surface area contributed by atoms with Crippen LogP contribution in [0.1, 0.15) is 28.8 Å². The van der Waals surface area contributed by atoms with E-state index in [0.29, 0.717) is 40.1 Å². The first kappa shape index (κ1) is 32.9. The second-order valence-electron chi connectivity index (χ2n) is 12.1. The molecule has 51 heavy (non-hydrogen) atoms. The van der Waals surface area contributed by atoms with Gasteiger partial charge in [-0.15, -0.1) is 0 Å². The highest BCUT2D eigenvalue weighted by Crippen LogP contribution is 2.49. The zero-order chi connectivity index (χ0) is 35.9. The predicted octanol–water partition coefficient (Wildman–Crippen LogP) is 6.25. The van der Waals surface area contributed by atoms with E-state index in [1.165, 1.54) is 30.5 Å². The van der Waals surface area contributed by atoms with E-state index in [-0.39, 0.29) is 35.7 Å². The Kier molecular flexibility index (Phi) is 8.39. The van der Waals surface area contributed by atoms with Crippen LogP contribution in [0.25, 0.3) is 22.3 Å². The minimum absolute atomic E-state index is 0.0893. The second kappa shape index (κ2) is 13.0. The number of carbonyl (C=O) groups excluding carboxylic acids is 3. The Morgan fingerprint density at radius 3 is 2.16 bits per heavy atom. The molecular weight excluding hydrogens is 658 g/mol. The Balaban J connectivity index is 1.29. The molecule has 1 saturated carbocycles. The van der Waals surface area contributed by atoms with E-state index in [0.717, 1.165) is 28.7 Å². The van der Waals surface area contributed by atoms with Gasteiger partial charge in [-0.05, 0) is 85.1 Å². The molecule has 1 fully saturated rings. The Bertz CT molecular complexity index is 2300. The summed E-state index contributed by atoms with van der Waals surface area (Å²) in [6, 6.07) is 24.6. The van der Waals surface area contributed by atoms with E-state index in [4.69, 9.17) is 26.0 Å². The molecule has 6 aromatic rings. The van der Waals surface area contributed by atoms with Crippen molar-refractivity contribution < 1.29 is 32.6 Å². The monoisotopic (exact) mass is 688 g/mol. The van der Waals surface area contributed by atoms with E-state index >= 15 is 4.39 Å². The lowest BCUT2D eigenvalue weighted by Gasteiger charge is -2.26. The fraction of sp³-hybridized carbons (Fsp3) is 0.132. The number of nitrogens with two attached hydrogens (primary N) is 2. The summed E-state index contributed by atoms with van der Waals surface area (Å²) in [4.78, 5) is 43.5. The molecule has 7 rings (SSSR count). The molecule has 0 spiro atoms. The molecule has 0 unspecified atom stereocenters. The first-order valence-corrected chi connectivity index (χ1v) is 15.8. The number of amides is 3. The van der Waals surface area contributed by atoms with E-state index in [9.17, 15) is 18.8 Å². The number of ether oxygens (including phenoxy) is 2. The van der Waals surface area contributed by atoms with Gasteiger partial charge in [-0.2, -0.15) is 5.10 Å². The Hall–Kier alpha value is -6.63. The fourth-order valence-corrected chi connectivity index (χ4v) is 5.87. The van der Waals surface area contributed by atoms with E-state index in [1.807, 2.05) is 24.3 Å². The lowest BCUT2D eigenvalue weighted by Crippen LogP contribution is -2.41. The maximum Gasteiger partial charge on any atom is 0.248 e. The summed E-state index contributed by atoms with van der Waals surface area (Å²) in [6.07, 6.45) is 2.02. The highest BCUT2D eigenvalue weighted by molar-refractivity contribution is 6.16. The lowest BCUT2D eigenvalue weighted by atomic mass is 10.0. The number of nitrogens with zero attached hydrogens (tertiary/aromatic N) is 4. The summed E-state index contributed by atoms with van der Waals surface area (Å²) in [5, 5.41) is 5.33. The molecule has 0 bridgehead atoms. The summed E-state index contributed by atoms with van der Waals surface area (Å²) < 4.78 is 43.0. The standard InChI is InChI=1S/C38H30F2N6O5/c1-50-28-13-2-22(3-14-28)21-45-35-32(33(44-45)23-4-6-24(7-5-23)34(41)47)31(16-19-43-35)51-30-15-12-27(20-29(30)40)46(26-10-8-25(39)9-11-26)37(49)38(17-18-38)36(42)48/h2-16,19-20H,17-18,21H2,1H3,(H2,41,47)(H2,42,48). The summed E-state index contributed by atoms with van der Waals surface area (Å²) >= 11 is 0. The van der Waals surface area contributed by atoms with Crippen molar-refractivity contribution in [2.24, 2.45) is 16.9 Å². The van der Waals surface area contributed by atoms with Crippen LogP contribution >= 0.6 is 0 Å². The lowest BCUT2D eigenvalue weighted by molar-refractivity contribution is -0.133. The van der Waals surface area contributed by atoms with Crippen LogP contribution in [-0.2, 0) is 16.1 Å². The number of hydrogen-bond donors (Lipinski definition) is 2. The first-order chi connectivity index (χ1) is 24.6. The Labute approximate surface area is 290 Å². The molecule has 2 heterocycles. The number of benzene rings is 4. The number of hydrogen-bond acceptors (Lipinski definition) is 7. The molecule has 2 aromatic heterocycles. The maximum absolute atomic E-state index is 16.0. The molecule has 0 aliphatic heterocycles. The number of anilines is 2. The van der Waals surface area contributed by atoms with Crippen molar-refractivity contribution >= 4 is 40.1 Å². The molecule has 4 aromatic carbocycles. The molecule has 4 N–H and O–H groups in total. The van der Waals surface area contributed by atoms with Crippen molar-refractivity contribution in [1.29, 1.82) is 0 Å². The third-order valence-electron chi connectivity index (χ3n) is 8.84. The van der Waals surface area contributed by atoms with Gasteiger partial charge in [-0.3, -0.25) is 19.3 Å². The molecular formula is C38H30F2N6O5. The summed E-state index contributed by atoms with van der Waals surface area (Å²) in [5.74, 6) is -2.59. The molecule has 256 valence electrons. The number of methoxy groups -OCH3 is 1. The molecule has 11 nitrogen and oxygen atoms in total. The van der Waals surface area contributed by atoms with Gasteiger partial charge in [-0.25, -0.2) is 18.4 Å². The Morgan fingerprint density at radius 2 is 1.55 bits per heavy atom. The number of carbonyl (C=O) groups is 3. The minimum atomic E-state index is -1.43. The average molecular weight is 689 g/mol. The van der Waals surface area contributed by atoms with Crippen LogP contribution in [0.5, 0.6) is 17.2 Å². The molecule has 3 amide bonds. The van der Waals surface area contributed by atoms with Crippen molar-refractivity contribution in [2.75, 3.05) is 12.0 Å². The molecule has 13 heteroatoms. The highest BCUT2D eigenvalue weighted by atomic mass is 19.1. The average Bonchev–Trinajstić information content (AvgIpc) is 3.88. The normalized spacial score (nSPS) is 13.1. The number of primary amides is 2. The second-order valence-corrected chi connectivity index (χ2v) is 12.1. The van der Waals surface area contributed by atoms with Gasteiger partial charge in [0.2, 0.25) is 17.7 Å². The van der Waals surface area contributed by atoms with E-state index in [1.54, 1.807) is 42.1 Å². The first-order valence-electron chi connectivity index (χ1n) is 15.8. The largest absolute Gasteiger partial charge is 0.497 e. The van der Waals surface area contributed by atoms with Gasteiger partial charge in [0.15, 0.2) is 17.2 Å². The van der Waals surface area contributed by atoms with Crippen LogP contribution < -0.4 is 25.8 Å².